The molecule has 212 valence electrons. The van der Waals surface area contributed by atoms with Crippen molar-refractivity contribution in [3.05, 3.63) is 154 Å². The third-order valence-corrected chi connectivity index (χ3v) is 7.49. The minimum atomic E-state index is -0.540. The van der Waals surface area contributed by atoms with Crippen LogP contribution in [0.3, 0.4) is 0 Å². The number of carbonyl (C=O) groups excluding carboxylic acids is 3. The number of nitrogens with one attached hydrogen (secondary N) is 2. The van der Waals surface area contributed by atoms with Crippen molar-refractivity contribution in [2.45, 2.75) is 4.90 Å². The summed E-state index contributed by atoms with van der Waals surface area (Å²) in [6.45, 7) is 0. The third kappa shape index (κ3) is 7.41. The SMILES string of the molecule is O=C(Nc1cccc(SCC(=O)c2cccc([N+](=O)[O-])c2)c1)/C(=C/c1cccc2ccccc12)NC(=O)c1ccccc1. The summed E-state index contributed by atoms with van der Waals surface area (Å²) in [5.41, 5.74) is 1.81. The predicted molar refractivity (Wildman–Crippen MR) is 169 cm³/mol. The zero-order chi connectivity index (χ0) is 30.2. The monoisotopic (exact) mass is 587 g/mol. The fraction of sp³-hybridized carbons (Fsp3) is 0.0294. The lowest BCUT2D eigenvalue weighted by Gasteiger charge is -2.13. The predicted octanol–water partition coefficient (Wildman–Crippen LogP) is 7.13. The van der Waals surface area contributed by atoms with Crippen LogP contribution < -0.4 is 10.6 Å². The summed E-state index contributed by atoms with van der Waals surface area (Å²) in [5, 5.41) is 18.6. The van der Waals surface area contributed by atoms with E-state index in [1.165, 1.54) is 30.0 Å². The number of thioether (sulfide) groups is 1. The summed E-state index contributed by atoms with van der Waals surface area (Å²) < 4.78 is 0. The summed E-state index contributed by atoms with van der Waals surface area (Å²) >= 11 is 1.24. The molecule has 0 heterocycles. The molecule has 0 saturated carbocycles. The van der Waals surface area contributed by atoms with Crippen LogP contribution in [0.5, 0.6) is 0 Å². The molecule has 0 radical (unpaired) electrons. The number of hydrogen-bond donors (Lipinski definition) is 2. The molecule has 5 aromatic rings. The van der Waals surface area contributed by atoms with E-state index in [1.807, 2.05) is 42.5 Å². The number of hydrogen-bond acceptors (Lipinski definition) is 6. The minimum Gasteiger partial charge on any atom is -0.321 e. The third-order valence-electron chi connectivity index (χ3n) is 6.49. The molecular formula is C34H25N3O5S. The Morgan fingerprint density at radius 1 is 0.767 bits per heavy atom. The van der Waals surface area contributed by atoms with E-state index in [-0.39, 0.29) is 28.5 Å². The van der Waals surface area contributed by atoms with Crippen LogP contribution >= 0.6 is 11.8 Å². The summed E-state index contributed by atoms with van der Waals surface area (Å²) in [5.74, 6) is -1.15. The molecule has 0 atom stereocenters. The van der Waals surface area contributed by atoms with E-state index in [0.717, 1.165) is 16.3 Å². The van der Waals surface area contributed by atoms with Crippen LogP contribution in [-0.4, -0.2) is 28.3 Å². The van der Waals surface area contributed by atoms with Gasteiger partial charge >= 0.3 is 0 Å². The van der Waals surface area contributed by atoms with Crippen molar-refractivity contribution in [1.82, 2.24) is 5.32 Å². The molecule has 0 spiro atoms. The Balaban J connectivity index is 1.35. The van der Waals surface area contributed by atoms with Gasteiger partial charge < -0.3 is 10.6 Å². The van der Waals surface area contributed by atoms with Gasteiger partial charge in [0.2, 0.25) is 0 Å². The lowest BCUT2D eigenvalue weighted by Crippen LogP contribution is -2.30. The normalized spacial score (nSPS) is 11.1. The van der Waals surface area contributed by atoms with E-state index in [1.54, 1.807) is 66.7 Å². The van der Waals surface area contributed by atoms with Crippen LogP contribution in [0.15, 0.2) is 132 Å². The number of benzene rings is 5. The zero-order valence-corrected chi connectivity index (χ0v) is 23.5. The first kappa shape index (κ1) is 29.0. The molecule has 0 aliphatic carbocycles. The number of nitro groups is 1. The molecule has 0 aliphatic heterocycles. The number of Topliss-reactive ketones (excluding diaryl/α,β-unsaturated/α-hetero) is 1. The molecule has 0 unspecified atom stereocenters. The number of carbonyl (C=O) groups is 3. The first-order chi connectivity index (χ1) is 20.9. The Hall–Kier alpha value is -5.54. The van der Waals surface area contributed by atoms with Crippen molar-refractivity contribution < 1.29 is 19.3 Å². The highest BCUT2D eigenvalue weighted by Crippen LogP contribution is 2.25. The van der Waals surface area contributed by atoms with Gasteiger partial charge in [-0.15, -0.1) is 11.8 Å². The highest BCUT2D eigenvalue weighted by Gasteiger charge is 2.17. The molecule has 2 amide bonds. The molecular weight excluding hydrogens is 562 g/mol. The van der Waals surface area contributed by atoms with Gasteiger partial charge in [-0.3, -0.25) is 24.5 Å². The van der Waals surface area contributed by atoms with E-state index in [4.69, 9.17) is 0 Å². The van der Waals surface area contributed by atoms with Crippen LogP contribution in [-0.2, 0) is 4.79 Å². The van der Waals surface area contributed by atoms with Crippen molar-refractivity contribution in [1.29, 1.82) is 0 Å². The second-order valence-electron chi connectivity index (χ2n) is 9.45. The second kappa shape index (κ2) is 13.4. The molecule has 0 fully saturated rings. The lowest BCUT2D eigenvalue weighted by molar-refractivity contribution is -0.384. The molecule has 0 aromatic heterocycles. The molecule has 5 aromatic carbocycles. The Bertz CT molecular complexity index is 1870. The fourth-order valence-corrected chi connectivity index (χ4v) is 5.21. The van der Waals surface area contributed by atoms with Crippen molar-refractivity contribution in [3.63, 3.8) is 0 Å². The van der Waals surface area contributed by atoms with Gasteiger partial charge in [0, 0.05) is 33.8 Å². The number of anilines is 1. The van der Waals surface area contributed by atoms with Crippen molar-refractivity contribution in [2.24, 2.45) is 0 Å². The maximum atomic E-state index is 13.6. The largest absolute Gasteiger partial charge is 0.321 e. The molecule has 43 heavy (non-hydrogen) atoms. The Morgan fingerprint density at radius 2 is 1.47 bits per heavy atom. The van der Waals surface area contributed by atoms with Gasteiger partial charge in [-0.2, -0.15) is 0 Å². The summed E-state index contributed by atoms with van der Waals surface area (Å²) in [4.78, 5) is 50.5. The highest BCUT2D eigenvalue weighted by atomic mass is 32.2. The number of nitrogens with zero attached hydrogens (tertiary/aromatic N) is 1. The van der Waals surface area contributed by atoms with Crippen LogP contribution in [0.1, 0.15) is 26.3 Å². The average Bonchev–Trinajstić information content (AvgIpc) is 3.04. The molecule has 2 N–H and O–H groups in total. The lowest BCUT2D eigenvalue weighted by atomic mass is 10.0. The number of non-ortho nitro benzene ring substituents is 1. The van der Waals surface area contributed by atoms with Crippen molar-refractivity contribution in [3.8, 4) is 0 Å². The van der Waals surface area contributed by atoms with Crippen molar-refractivity contribution in [2.75, 3.05) is 11.1 Å². The van der Waals surface area contributed by atoms with Gasteiger partial charge in [0.25, 0.3) is 17.5 Å². The van der Waals surface area contributed by atoms with Crippen molar-refractivity contribution >= 4 is 57.6 Å². The van der Waals surface area contributed by atoms with Crippen LogP contribution in [0, 0.1) is 10.1 Å². The van der Waals surface area contributed by atoms with E-state index in [0.29, 0.717) is 16.1 Å². The zero-order valence-electron chi connectivity index (χ0n) is 22.7. The standard InChI is InChI=1S/C34H25N3O5S/c38-32(26-14-7-16-28(19-26)37(41)42)22-43-29-17-8-15-27(21-29)35-34(40)31(36-33(39)24-10-2-1-3-11-24)20-25-13-6-12-23-9-4-5-18-30(23)25/h1-21H,22H2,(H,35,40)(H,36,39)/b31-20-. The van der Waals surface area contributed by atoms with E-state index >= 15 is 0 Å². The first-order valence-corrected chi connectivity index (χ1v) is 14.2. The van der Waals surface area contributed by atoms with E-state index in [2.05, 4.69) is 10.6 Å². The van der Waals surface area contributed by atoms with Crippen LogP contribution in [0.25, 0.3) is 16.8 Å². The molecule has 5 rings (SSSR count). The molecule has 9 heteroatoms. The number of nitro benzene ring substituents is 1. The molecule has 8 nitrogen and oxygen atoms in total. The number of rotatable bonds is 10. The van der Waals surface area contributed by atoms with Gasteiger partial charge in [0.15, 0.2) is 5.78 Å². The summed E-state index contributed by atoms with van der Waals surface area (Å²) in [6.07, 6.45) is 1.65. The maximum Gasteiger partial charge on any atom is 0.272 e. The fourth-order valence-electron chi connectivity index (χ4n) is 4.36. The van der Waals surface area contributed by atoms with Crippen LogP contribution in [0.2, 0.25) is 0 Å². The topological polar surface area (TPSA) is 118 Å². The quantitative estimate of drug-likeness (QED) is 0.0590. The van der Waals surface area contributed by atoms with Gasteiger partial charge in [-0.05, 0) is 52.7 Å². The number of ketones is 1. The van der Waals surface area contributed by atoms with E-state index < -0.39 is 16.7 Å². The Kier molecular flexibility index (Phi) is 9.04. The molecule has 0 bridgehead atoms. The average molecular weight is 588 g/mol. The minimum absolute atomic E-state index is 0.0535. The summed E-state index contributed by atoms with van der Waals surface area (Å²) in [6, 6.07) is 34.7. The Morgan fingerprint density at radius 3 is 2.28 bits per heavy atom. The smallest absolute Gasteiger partial charge is 0.272 e. The molecule has 0 saturated heterocycles. The van der Waals surface area contributed by atoms with E-state index in [9.17, 15) is 24.5 Å². The van der Waals surface area contributed by atoms with Gasteiger partial charge in [0.1, 0.15) is 5.70 Å². The van der Waals surface area contributed by atoms with Gasteiger partial charge in [-0.1, -0.05) is 78.9 Å². The highest BCUT2D eigenvalue weighted by molar-refractivity contribution is 8.00. The second-order valence-corrected chi connectivity index (χ2v) is 10.5. The molecule has 0 aliphatic rings. The Labute approximate surface area is 251 Å². The van der Waals surface area contributed by atoms with Gasteiger partial charge in [0.05, 0.1) is 10.7 Å². The maximum absolute atomic E-state index is 13.6. The number of amides is 2. The van der Waals surface area contributed by atoms with Gasteiger partial charge in [-0.25, -0.2) is 0 Å². The number of fused-ring (bicyclic) bond motifs is 1. The van der Waals surface area contributed by atoms with Crippen LogP contribution in [0.4, 0.5) is 11.4 Å². The summed E-state index contributed by atoms with van der Waals surface area (Å²) in [7, 11) is 0. The first-order valence-electron chi connectivity index (χ1n) is 13.2.